The van der Waals surface area contributed by atoms with Crippen LogP contribution in [-0.2, 0) is 15.1 Å². The van der Waals surface area contributed by atoms with Crippen LogP contribution < -0.4 is 10.6 Å². The van der Waals surface area contributed by atoms with E-state index in [1.54, 1.807) is 38.1 Å². The third-order valence-electron chi connectivity index (χ3n) is 3.46. The van der Waals surface area contributed by atoms with E-state index in [1.165, 1.54) is 4.90 Å². The maximum absolute atomic E-state index is 12.2. The summed E-state index contributed by atoms with van der Waals surface area (Å²) >= 11 is 0. The highest BCUT2D eigenvalue weighted by molar-refractivity contribution is 6.08. The molecule has 6 heteroatoms. The lowest BCUT2D eigenvalue weighted by Crippen LogP contribution is -2.48. The summed E-state index contributed by atoms with van der Waals surface area (Å²) in [5.41, 5.74) is -0.490. The fourth-order valence-electron chi connectivity index (χ4n) is 2.29. The van der Waals surface area contributed by atoms with Gasteiger partial charge in [0.05, 0.1) is 0 Å². The van der Waals surface area contributed by atoms with E-state index >= 15 is 0 Å². The highest BCUT2D eigenvalue weighted by Gasteiger charge is 2.50. The monoisotopic (exact) mass is 275 g/mol. The van der Waals surface area contributed by atoms with Crippen LogP contribution >= 0.6 is 0 Å². The number of benzene rings is 1. The van der Waals surface area contributed by atoms with Gasteiger partial charge in [-0.3, -0.25) is 19.8 Å². The van der Waals surface area contributed by atoms with Gasteiger partial charge in [-0.05, 0) is 19.4 Å². The van der Waals surface area contributed by atoms with Crippen LogP contribution in [0.1, 0.15) is 19.4 Å². The number of carbonyl (C=O) groups is 3. The Kier molecular flexibility index (Phi) is 3.74. The van der Waals surface area contributed by atoms with Gasteiger partial charge in [-0.15, -0.1) is 0 Å². The second kappa shape index (κ2) is 5.32. The van der Waals surface area contributed by atoms with Crippen molar-refractivity contribution in [3.05, 3.63) is 35.9 Å². The number of urea groups is 1. The average Bonchev–Trinajstić information content (AvgIpc) is 2.65. The Bertz CT molecular complexity index is 544. The first-order valence-corrected chi connectivity index (χ1v) is 6.45. The molecular weight excluding hydrogens is 258 g/mol. The minimum atomic E-state index is -1.16. The lowest BCUT2D eigenvalue weighted by molar-refractivity contribution is -0.128. The summed E-state index contributed by atoms with van der Waals surface area (Å²) in [6.45, 7) is 3.76. The Hall–Kier alpha value is -2.37. The van der Waals surface area contributed by atoms with Gasteiger partial charge in [-0.1, -0.05) is 30.3 Å². The second-order valence-electron chi connectivity index (χ2n) is 4.74. The van der Waals surface area contributed by atoms with Crippen molar-refractivity contribution >= 4 is 17.8 Å². The van der Waals surface area contributed by atoms with E-state index < -0.39 is 17.5 Å². The lowest BCUT2D eigenvalue weighted by Gasteiger charge is -2.31. The fraction of sp³-hybridized carbons (Fsp3) is 0.357. The third-order valence-corrected chi connectivity index (χ3v) is 3.46. The third kappa shape index (κ3) is 2.24. The highest BCUT2D eigenvalue weighted by atomic mass is 16.2. The molecule has 6 nitrogen and oxygen atoms in total. The number of carbonyl (C=O) groups excluding carboxylic acids is 3. The van der Waals surface area contributed by atoms with Gasteiger partial charge in [0, 0.05) is 6.54 Å². The molecule has 1 fully saturated rings. The molecule has 0 bridgehead atoms. The van der Waals surface area contributed by atoms with Gasteiger partial charge in [-0.25, -0.2) is 4.79 Å². The van der Waals surface area contributed by atoms with Gasteiger partial charge >= 0.3 is 6.03 Å². The molecule has 0 saturated carbocycles. The van der Waals surface area contributed by atoms with Gasteiger partial charge < -0.3 is 5.32 Å². The average molecular weight is 275 g/mol. The quantitative estimate of drug-likeness (QED) is 0.789. The number of likely N-dealkylation sites (N-methyl/N-ethyl adjacent to an activating group) is 1. The minimum Gasteiger partial charge on any atom is -0.355 e. The number of rotatable bonds is 4. The summed E-state index contributed by atoms with van der Waals surface area (Å²) in [6.07, 6.45) is 0. The van der Waals surface area contributed by atoms with E-state index in [9.17, 15) is 14.4 Å². The van der Waals surface area contributed by atoms with Crippen molar-refractivity contribution in [2.75, 3.05) is 13.1 Å². The molecular formula is C14H17N3O3. The molecule has 0 aromatic heterocycles. The smallest absolute Gasteiger partial charge is 0.325 e. The van der Waals surface area contributed by atoms with Crippen LogP contribution in [0.25, 0.3) is 0 Å². The van der Waals surface area contributed by atoms with E-state index in [4.69, 9.17) is 0 Å². The molecule has 0 spiro atoms. The van der Waals surface area contributed by atoms with E-state index in [0.717, 1.165) is 0 Å². The van der Waals surface area contributed by atoms with Crippen molar-refractivity contribution in [3.63, 3.8) is 0 Å². The maximum atomic E-state index is 12.2. The standard InChI is InChI=1S/C14H17N3O3/c1-3-15-11(18)9-17-13(20)16-12(19)14(17,2)10-7-5-4-6-8-10/h4-8H,3,9H2,1-2H3,(H,15,18)(H,16,19,20). The molecule has 1 heterocycles. The number of hydrogen-bond acceptors (Lipinski definition) is 3. The summed E-state index contributed by atoms with van der Waals surface area (Å²) < 4.78 is 0. The molecule has 1 aliphatic rings. The van der Waals surface area contributed by atoms with Gasteiger partial charge in [-0.2, -0.15) is 0 Å². The zero-order chi connectivity index (χ0) is 14.8. The number of imide groups is 1. The van der Waals surface area contributed by atoms with E-state index in [2.05, 4.69) is 10.6 Å². The summed E-state index contributed by atoms with van der Waals surface area (Å²) in [7, 11) is 0. The zero-order valence-corrected chi connectivity index (χ0v) is 11.5. The van der Waals surface area contributed by atoms with Gasteiger partial charge in [0.1, 0.15) is 12.1 Å². The summed E-state index contributed by atoms with van der Waals surface area (Å²) in [4.78, 5) is 37.1. The van der Waals surface area contributed by atoms with E-state index in [0.29, 0.717) is 12.1 Å². The molecule has 1 aliphatic heterocycles. The van der Waals surface area contributed by atoms with Crippen molar-refractivity contribution < 1.29 is 14.4 Å². The number of amides is 4. The van der Waals surface area contributed by atoms with Gasteiger partial charge in [0.15, 0.2) is 0 Å². The predicted molar refractivity (Wildman–Crippen MR) is 72.7 cm³/mol. The predicted octanol–water partition coefficient (Wildman–Crippen LogP) is 0.590. The molecule has 1 atom stereocenters. The normalized spacial score (nSPS) is 21.8. The molecule has 2 rings (SSSR count). The molecule has 20 heavy (non-hydrogen) atoms. The van der Waals surface area contributed by atoms with Crippen molar-refractivity contribution in [3.8, 4) is 0 Å². The first-order chi connectivity index (χ1) is 9.50. The second-order valence-corrected chi connectivity index (χ2v) is 4.74. The zero-order valence-electron chi connectivity index (χ0n) is 11.5. The maximum Gasteiger partial charge on any atom is 0.325 e. The van der Waals surface area contributed by atoms with Crippen LogP contribution in [0.5, 0.6) is 0 Å². The SMILES string of the molecule is CCNC(=O)CN1C(=O)NC(=O)C1(C)c1ccccc1. The van der Waals surface area contributed by atoms with Crippen LogP contribution in [0.2, 0.25) is 0 Å². The van der Waals surface area contributed by atoms with Gasteiger partial charge in [0.2, 0.25) is 5.91 Å². The van der Waals surface area contributed by atoms with Crippen LogP contribution in [-0.4, -0.2) is 35.8 Å². The molecule has 0 aliphatic carbocycles. The molecule has 1 aromatic rings. The summed E-state index contributed by atoms with van der Waals surface area (Å²) in [5.74, 6) is -0.711. The van der Waals surface area contributed by atoms with Crippen molar-refractivity contribution in [2.24, 2.45) is 0 Å². The highest BCUT2D eigenvalue weighted by Crippen LogP contribution is 2.32. The first kappa shape index (κ1) is 14.0. The Morgan fingerprint density at radius 3 is 2.55 bits per heavy atom. The molecule has 2 N–H and O–H groups in total. The Morgan fingerprint density at radius 1 is 1.30 bits per heavy atom. The first-order valence-electron chi connectivity index (χ1n) is 6.45. The molecule has 106 valence electrons. The molecule has 1 aromatic carbocycles. The van der Waals surface area contributed by atoms with Crippen LogP contribution in [0.15, 0.2) is 30.3 Å². The lowest BCUT2D eigenvalue weighted by atomic mass is 9.90. The molecule has 1 unspecified atom stereocenters. The van der Waals surface area contributed by atoms with E-state index in [-0.39, 0.29) is 12.5 Å². The topological polar surface area (TPSA) is 78.5 Å². The van der Waals surface area contributed by atoms with Crippen molar-refractivity contribution in [2.45, 2.75) is 19.4 Å². The van der Waals surface area contributed by atoms with Crippen molar-refractivity contribution in [1.82, 2.24) is 15.5 Å². The molecule has 4 amide bonds. The van der Waals surface area contributed by atoms with Gasteiger partial charge in [0.25, 0.3) is 5.91 Å². The Balaban J connectivity index is 2.35. The summed E-state index contributed by atoms with van der Waals surface area (Å²) in [5, 5.41) is 4.90. The largest absolute Gasteiger partial charge is 0.355 e. The van der Waals surface area contributed by atoms with E-state index in [1.807, 2.05) is 6.07 Å². The Morgan fingerprint density at radius 2 is 1.95 bits per heavy atom. The van der Waals surface area contributed by atoms with Crippen LogP contribution in [0, 0.1) is 0 Å². The molecule has 1 saturated heterocycles. The summed E-state index contributed by atoms with van der Waals surface area (Å²) in [6, 6.07) is 8.40. The molecule has 0 radical (unpaired) electrons. The fourth-order valence-corrected chi connectivity index (χ4v) is 2.29. The number of hydrogen-bond donors (Lipinski definition) is 2. The number of nitrogens with zero attached hydrogens (tertiary/aromatic N) is 1. The van der Waals surface area contributed by atoms with Crippen LogP contribution in [0.3, 0.4) is 0 Å². The van der Waals surface area contributed by atoms with Crippen molar-refractivity contribution in [1.29, 1.82) is 0 Å². The Labute approximate surface area is 117 Å². The minimum absolute atomic E-state index is 0.156. The van der Waals surface area contributed by atoms with Crippen LogP contribution in [0.4, 0.5) is 4.79 Å². The number of nitrogens with one attached hydrogen (secondary N) is 2.